The average Bonchev–Trinajstić information content (AvgIpc) is 2.39. The molecule has 0 fully saturated rings. The minimum Gasteiger partial charge on any atom is -0.463 e. The molecule has 0 saturated heterocycles. The van der Waals surface area contributed by atoms with Crippen molar-refractivity contribution in [2.75, 3.05) is 7.05 Å². The number of rotatable bonds is 3. The third-order valence-corrected chi connectivity index (χ3v) is 1.50. The van der Waals surface area contributed by atoms with Gasteiger partial charge in [0.2, 0.25) is 0 Å². The van der Waals surface area contributed by atoms with E-state index in [1.54, 1.807) is 0 Å². The highest BCUT2D eigenvalue weighted by molar-refractivity contribution is 5.08. The average molecular weight is 155 g/mol. The lowest BCUT2D eigenvalue weighted by Crippen LogP contribution is -2.36. The van der Waals surface area contributed by atoms with Crippen molar-refractivity contribution in [2.45, 2.75) is 13.1 Å². The number of furan rings is 1. The minimum atomic E-state index is -0.108. The van der Waals surface area contributed by atoms with Crippen LogP contribution in [0.2, 0.25) is 0 Å². The molecule has 0 spiro atoms. The maximum atomic E-state index is 5.32. The summed E-state index contributed by atoms with van der Waals surface area (Å²) in [5.41, 5.74) is 2.58. The predicted octanol–water partition coefficient (Wildman–Crippen LogP) is 0.269. The second kappa shape index (κ2) is 3.52. The molecule has 0 saturated carbocycles. The lowest BCUT2D eigenvalue weighted by molar-refractivity contribution is 0.373. The highest BCUT2D eigenvalue weighted by Crippen LogP contribution is 2.12. The van der Waals surface area contributed by atoms with Gasteiger partial charge < -0.3 is 4.42 Å². The summed E-state index contributed by atoms with van der Waals surface area (Å²) in [6, 6.07) is 3.79. The van der Waals surface area contributed by atoms with Crippen LogP contribution >= 0.6 is 0 Å². The van der Waals surface area contributed by atoms with E-state index in [1.807, 2.05) is 26.1 Å². The van der Waals surface area contributed by atoms with Crippen molar-refractivity contribution < 1.29 is 4.42 Å². The fourth-order valence-corrected chi connectivity index (χ4v) is 0.916. The number of nitrogens with two attached hydrogens (primary N) is 1. The molecule has 1 unspecified atom stereocenters. The molecule has 0 radical (unpaired) electrons. The Kier molecular flexibility index (Phi) is 2.64. The van der Waals surface area contributed by atoms with E-state index in [9.17, 15) is 0 Å². The largest absolute Gasteiger partial charge is 0.463 e. The Balaban J connectivity index is 2.73. The second-order valence-electron chi connectivity index (χ2n) is 2.34. The summed E-state index contributed by atoms with van der Waals surface area (Å²) >= 11 is 0. The maximum Gasteiger partial charge on any atom is 0.136 e. The van der Waals surface area contributed by atoms with E-state index < -0.39 is 0 Å². The van der Waals surface area contributed by atoms with Crippen molar-refractivity contribution >= 4 is 0 Å². The molecule has 1 heterocycles. The highest BCUT2D eigenvalue weighted by Gasteiger charge is 2.09. The maximum absolute atomic E-state index is 5.32. The smallest absolute Gasteiger partial charge is 0.136 e. The first-order chi connectivity index (χ1) is 5.27. The standard InChI is InChI=1S/C7H13N3O/c1-5-3-4-6(11-5)7(9-2)10-8/h3-4,7,9-10H,8H2,1-2H3. The van der Waals surface area contributed by atoms with Gasteiger partial charge in [0.05, 0.1) is 0 Å². The zero-order chi connectivity index (χ0) is 8.27. The van der Waals surface area contributed by atoms with Crippen molar-refractivity contribution in [1.82, 2.24) is 10.7 Å². The molecule has 0 aliphatic carbocycles. The molecule has 0 amide bonds. The molecule has 0 bridgehead atoms. The molecule has 1 aromatic heterocycles. The first-order valence-electron chi connectivity index (χ1n) is 3.47. The summed E-state index contributed by atoms with van der Waals surface area (Å²) in [5.74, 6) is 6.94. The first kappa shape index (κ1) is 8.26. The van der Waals surface area contributed by atoms with Crippen molar-refractivity contribution in [3.63, 3.8) is 0 Å². The molecule has 4 N–H and O–H groups in total. The Morgan fingerprint density at radius 1 is 1.55 bits per heavy atom. The van der Waals surface area contributed by atoms with Gasteiger partial charge in [-0.2, -0.15) is 0 Å². The van der Waals surface area contributed by atoms with Crippen LogP contribution in [0.1, 0.15) is 17.7 Å². The van der Waals surface area contributed by atoms with Gasteiger partial charge >= 0.3 is 0 Å². The van der Waals surface area contributed by atoms with E-state index in [4.69, 9.17) is 10.3 Å². The Hall–Kier alpha value is -0.840. The lowest BCUT2D eigenvalue weighted by atomic mass is 10.4. The molecular formula is C7H13N3O. The summed E-state index contributed by atoms with van der Waals surface area (Å²) in [4.78, 5) is 0. The van der Waals surface area contributed by atoms with Gasteiger partial charge in [-0.3, -0.25) is 11.2 Å². The molecule has 1 rings (SSSR count). The van der Waals surface area contributed by atoms with E-state index in [0.717, 1.165) is 11.5 Å². The van der Waals surface area contributed by atoms with Crippen LogP contribution < -0.4 is 16.6 Å². The molecule has 1 atom stereocenters. The monoisotopic (exact) mass is 155 g/mol. The molecular weight excluding hydrogens is 142 g/mol. The Bertz CT molecular complexity index is 217. The molecule has 0 aliphatic rings. The number of hydrogen-bond acceptors (Lipinski definition) is 4. The number of hydrogen-bond donors (Lipinski definition) is 3. The summed E-state index contributed by atoms with van der Waals surface area (Å²) in [6.45, 7) is 1.90. The van der Waals surface area contributed by atoms with Crippen LogP contribution in [0.15, 0.2) is 16.5 Å². The van der Waals surface area contributed by atoms with Gasteiger partial charge in [0.15, 0.2) is 0 Å². The van der Waals surface area contributed by atoms with Crippen LogP contribution in [0, 0.1) is 6.92 Å². The van der Waals surface area contributed by atoms with Crippen LogP contribution in [-0.4, -0.2) is 7.05 Å². The molecule has 0 aromatic carbocycles. The quantitative estimate of drug-likeness (QED) is 0.333. The molecule has 4 heteroatoms. The van der Waals surface area contributed by atoms with Gasteiger partial charge in [-0.25, -0.2) is 5.43 Å². The van der Waals surface area contributed by atoms with E-state index >= 15 is 0 Å². The zero-order valence-electron chi connectivity index (χ0n) is 6.72. The highest BCUT2D eigenvalue weighted by atomic mass is 16.3. The predicted molar refractivity (Wildman–Crippen MR) is 42.6 cm³/mol. The van der Waals surface area contributed by atoms with Crippen LogP contribution in [0.3, 0.4) is 0 Å². The van der Waals surface area contributed by atoms with Gasteiger partial charge in [-0.1, -0.05) is 0 Å². The van der Waals surface area contributed by atoms with Gasteiger partial charge in [0.1, 0.15) is 17.7 Å². The SMILES string of the molecule is CNC(NN)c1ccc(C)o1. The molecule has 1 aromatic rings. The third kappa shape index (κ3) is 1.80. The fourth-order valence-electron chi connectivity index (χ4n) is 0.916. The van der Waals surface area contributed by atoms with Crippen molar-refractivity contribution in [1.29, 1.82) is 0 Å². The first-order valence-corrected chi connectivity index (χ1v) is 3.47. The second-order valence-corrected chi connectivity index (χ2v) is 2.34. The van der Waals surface area contributed by atoms with Crippen LogP contribution in [-0.2, 0) is 0 Å². The normalized spacial score (nSPS) is 13.4. The Morgan fingerprint density at radius 3 is 2.64 bits per heavy atom. The molecule has 4 nitrogen and oxygen atoms in total. The summed E-state index contributed by atoms with van der Waals surface area (Å²) in [6.07, 6.45) is -0.108. The zero-order valence-corrected chi connectivity index (χ0v) is 6.72. The minimum absolute atomic E-state index is 0.108. The van der Waals surface area contributed by atoms with E-state index in [2.05, 4.69) is 10.7 Å². The van der Waals surface area contributed by atoms with Crippen LogP contribution in [0.25, 0.3) is 0 Å². The lowest BCUT2D eigenvalue weighted by Gasteiger charge is -2.10. The fraction of sp³-hybridized carbons (Fsp3) is 0.429. The molecule has 0 aliphatic heterocycles. The van der Waals surface area contributed by atoms with Crippen molar-refractivity contribution in [3.8, 4) is 0 Å². The number of nitrogens with one attached hydrogen (secondary N) is 2. The Labute approximate surface area is 65.7 Å². The van der Waals surface area contributed by atoms with Gasteiger partial charge in [-0.05, 0) is 26.1 Å². The summed E-state index contributed by atoms with van der Waals surface area (Å²) < 4.78 is 5.32. The van der Waals surface area contributed by atoms with Gasteiger partial charge in [-0.15, -0.1) is 0 Å². The van der Waals surface area contributed by atoms with E-state index in [1.165, 1.54) is 0 Å². The molecule has 11 heavy (non-hydrogen) atoms. The topological polar surface area (TPSA) is 63.2 Å². The van der Waals surface area contributed by atoms with E-state index in [-0.39, 0.29) is 6.17 Å². The van der Waals surface area contributed by atoms with Crippen LogP contribution in [0.4, 0.5) is 0 Å². The summed E-state index contributed by atoms with van der Waals surface area (Å²) in [7, 11) is 1.81. The number of aryl methyl sites for hydroxylation is 1. The van der Waals surface area contributed by atoms with Gasteiger partial charge in [0.25, 0.3) is 0 Å². The molecule has 62 valence electrons. The van der Waals surface area contributed by atoms with E-state index in [0.29, 0.717) is 0 Å². The third-order valence-electron chi connectivity index (χ3n) is 1.50. The number of hydrazine groups is 1. The van der Waals surface area contributed by atoms with Crippen molar-refractivity contribution in [2.24, 2.45) is 5.84 Å². The Morgan fingerprint density at radius 2 is 2.27 bits per heavy atom. The summed E-state index contributed by atoms with van der Waals surface area (Å²) in [5, 5.41) is 2.95. The van der Waals surface area contributed by atoms with Crippen molar-refractivity contribution in [3.05, 3.63) is 23.7 Å². The van der Waals surface area contributed by atoms with Gasteiger partial charge in [0, 0.05) is 0 Å². The van der Waals surface area contributed by atoms with Crippen LogP contribution in [0.5, 0.6) is 0 Å².